The van der Waals surface area contributed by atoms with E-state index in [1.165, 1.54) is 12.1 Å². The monoisotopic (exact) mass is 324 g/mol. The molecule has 4 nitrogen and oxygen atoms in total. The number of sulfonamides is 1. The number of fused-ring (bicyclic) bond motifs is 1. The lowest BCUT2D eigenvalue weighted by Gasteiger charge is -2.16. The molecule has 3 rings (SSSR count). The van der Waals surface area contributed by atoms with Crippen LogP contribution in [-0.2, 0) is 15.4 Å². The Morgan fingerprint density at radius 2 is 2.14 bits per heavy atom. The summed E-state index contributed by atoms with van der Waals surface area (Å²) in [5.74, 6) is -0.0930. The van der Waals surface area contributed by atoms with Crippen molar-refractivity contribution in [3.05, 3.63) is 35.8 Å². The van der Waals surface area contributed by atoms with Gasteiger partial charge in [0.05, 0.1) is 5.75 Å². The molecule has 1 fully saturated rings. The average Bonchev–Trinajstić information content (AvgIpc) is 3.16. The van der Waals surface area contributed by atoms with Crippen molar-refractivity contribution < 1.29 is 12.8 Å². The first-order valence-electron chi connectivity index (χ1n) is 7.70. The second-order valence-corrected chi connectivity index (χ2v) is 8.09. The Hall–Kier alpha value is -1.40. The lowest BCUT2D eigenvalue weighted by Crippen LogP contribution is -2.33. The Labute approximate surface area is 130 Å². The van der Waals surface area contributed by atoms with E-state index in [4.69, 9.17) is 0 Å². The molecule has 0 saturated heterocycles. The molecule has 0 amide bonds. The first-order chi connectivity index (χ1) is 10.5. The zero-order chi connectivity index (χ0) is 15.8. The number of H-pyrrole nitrogens is 1. The zero-order valence-corrected chi connectivity index (χ0v) is 13.5. The summed E-state index contributed by atoms with van der Waals surface area (Å²) in [5.41, 5.74) is 1.70. The summed E-state index contributed by atoms with van der Waals surface area (Å²) >= 11 is 0. The van der Waals surface area contributed by atoms with Gasteiger partial charge < -0.3 is 4.98 Å². The molecule has 0 aliphatic heterocycles. The summed E-state index contributed by atoms with van der Waals surface area (Å²) in [6, 6.07) is 4.68. The number of nitrogens with one attached hydrogen (secondary N) is 2. The minimum atomic E-state index is -3.21. The van der Waals surface area contributed by atoms with E-state index in [1.54, 1.807) is 6.07 Å². The third-order valence-electron chi connectivity index (χ3n) is 4.47. The van der Waals surface area contributed by atoms with E-state index in [2.05, 4.69) is 9.71 Å². The molecule has 0 spiro atoms. The predicted octanol–water partition coefficient (Wildman–Crippen LogP) is 3.06. The van der Waals surface area contributed by atoms with Gasteiger partial charge in [-0.25, -0.2) is 17.5 Å². The zero-order valence-electron chi connectivity index (χ0n) is 12.7. The minimum absolute atomic E-state index is 0.143. The van der Waals surface area contributed by atoms with Gasteiger partial charge in [-0.1, -0.05) is 13.3 Å². The van der Waals surface area contributed by atoms with Crippen LogP contribution >= 0.6 is 0 Å². The lowest BCUT2D eigenvalue weighted by molar-refractivity contribution is 0.565. The molecule has 1 saturated carbocycles. The normalized spacial score (nSPS) is 17.0. The molecule has 0 radical (unpaired) electrons. The SMILES string of the molecule is CCCCS(=O)(=O)NCC1(c2c[nH]c3cc(F)ccc23)CC1. The van der Waals surface area contributed by atoms with Crippen molar-refractivity contribution in [2.75, 3.05) is 12.3 Å². The van der Waals surface area contributed by atoms with Crippen molar-refractivity contribution >= 4 is 20.9 Å². The van der Waals surface area contributed by atoms with Crippen molar-refractivity contribution in [3.63, 3.8) is 0 Å². The maximum absolute atomic E-state index is 13.3. The van der Waals surface area contributed by atoms with E-state index in [0.717, 1.165) is 35.7 Å². The fourth-order valence-corrected chi connectivity index (χ4v) is 4.19. The second-order valence-electron chi connectivity index (χ2n) is 6.17. The molecule has 0 bridgehead atoms. The molecule has 0 unspecified atom stereocenters. The molecular weight excluding hydrogens is 303 g/mol. The van der Waals surface area contributed by atoms with Crippen LogP contribution in [0.5, 0.6) is 0 Å². The van der Waals surface area contributed by atoms with Crippen molar-refractivity contribution in [1.82, 2.24) is 9.71 Å². The summed E-state index contributed by atoms with van der Waals surface area (Å²) in [6.07, 6.45) is 5.33. The van der Waals surface area contributed by atoms with Gasteiger partial charge in [-0.15, -0.1) is 0 Å². The van der Waals surface area contributed by atoms with Crippen LogP contribution in [0.2, 0.25) is 0 Å². The van der Waals surface area contributed by atoms with E-state index in [0.29, 0.717) is 13.0 Å². The highest BCUT2D eigenvalue weighted by molar-refractivity contribution is 7.89. The number of benzene rings is 1. The van der Waals surface area contributed by atoms with Gasteiger partial charge in [0.2, 0.25) is 10.0 Å². The number of rotatable bonds is 7. The van der Waals surface area contributed by atoms with Crippen LogP contribution in [0.3, 0.4) is 0 Å². The largest absolute Gasteiger partial charge is 0.361 e. The van der Waals surface area contributed by atoms with Crippen LogP contribution in [0.1, 0.15) is 38.2 Å². The smallest absolute Gasteiger partial charge is 0.211 e. The molecule has 2 aromatic rings. The third kappa shape index (κ3) is 3.03. The first kappa shape index (κ1) is 15.5. The molecule has 0 atom stereocenters. The Bertz CT molecular complexity index is 779. The number of hydrogen-bond acceptors (Lipinski definition) is 2. The summed E-state index contributed by atoms with van der Waals surface area (Å²) < 4.78 is 40.0. The Balaban J connectivity index is 1.78. The Morgan fingerprint density at radius 1 is 1.36 bits per heavy atom. The predicted molar refractivity (Wildman–Crippen MR) is 85.9 cm³/mol. The van der Waals surface area contributed by atoms with Gasteiger partial charge in [0.1, 0.15) is 5.82 Å². The van der Waals surface area contributed by atoms with Gasteiger partial charge >= 0.3 is 0 Å². The number of aromatic nitrogens is 1. The molecular formula is C16H21FN2O2S. The lowest BCUT2D eigenvalue weighted by atomic mass is 9.96. The number of hydrogen-bond donors (Lipinski definition) is 2. The van der Waals surface area contributed by atoms with Gasteiger partial charge in [0.25, 0.3) is 0 Å². The maximum Gasteiger partial charge on any atom is 0.211 e. The van der Waals surface area contributed by atoms with E-state index < -0.39 is 10.0 Å². The van der Waals surface area contributed by atoms with Crippen LogP contribution in [0.15, 0.2) is 24.4 Å². The fourth-order valence-electron chi connectivity index (χ4n) is 2.88. The molecule has 1 aliphatic carbocycles. The summed E-state index contributed by atoms with van der Waals surface area (Å²) in [5, 5.41) is 0.978. The molecule has 1 aromatic carbocycles. The van der Waals surface area contributed by atoms with Crippen LogP contribution in [0, 0.1) is 5.82 Å². The molecule has 120 valence electrons. The average molecular weight is 324 g/mol. The molecule has 2 N–H and O–H groups in total. The third-order valence-corrected chi connectivity index (χ3v) is 5.88. The van der Waals surface area contributed by atoms with E-state index in [9.17, 15) is 12.8 Å². The summed E-state index contributed by atoms with van der Waals surface area (Å²) in [6.45, 7) is 2.40. The van der Waals surface area contributed by atoms with Crippen molar-refractivity contribution in [3.8, 4) is 0 Å². The van der Waals surface area contributed by atoms with E-state index >= 15 is 0 Å². The number of aromatic amines is 1. The van der Waals surface area contributed by atoms with Crippen molar-refractivity contribution in [2.24, 2.45) is 0 Å². The second kappa shape index (κ2) is 5.66. The van der Waals surface area contributed by atoms with E-state index in [-0.39, 0.29) is 17.0 Å². The highest BCUT2D eigenvalue weighted by atomic mass is 32.2. The first-order valence-corrected chi connectivity index (χ1v) is 9.35. The van der Waals surface area contributed by atoms with Gasteiger partial charge in [0.15, 0.2) is 0 Å². The molecule has 1 heterocycles. The molecule has 6 heteroatoms. The number of unbranched alkanes of at least 4 members (excludes halogenated alkanes) is 1. The topological polar surface area (TPSA) is 62.0 Å². The quantitative estimate of drug-likeness (QED) is 0.822. The highest BCUT2D eigenvalue weighted by Crippen LogP contribution is 2.50. The minimum Gasteiger partial charge on any atom is -0.361 e. The van der Waals surface area contributed by atoms with Crippen LogP contribution in [0.25, 0.3) is 10.9 Å². The standard InChI is InChI=1S/C16H21FN2O2S/c1-2-3-8-22(20,21)19-11-16(6-7-16)14-10-18-15-9-12(17)4-5-13(14)15/h4-5,9-10,18-19H,2-3,6-8,11H2,1H3. The Morgan fingerprint density at radius 3 is 2.82 bits per heavy atom. The molecule has 1 aromatic heterocycles. The number of halogens is 1. The summed E-state index contributed by atoms with van der Waals surface area (Å²) in [4.78, 5) is 3.09. The van der Waals surface area contributed by atoms with Gasteiger partial charge in [-0.2, -0.15) is 0 Å². The van der Waals surface area contributed by atoms with Crippen LogP contribution in [0.4, 0.5) is 4.39 Å². The van der Waals surface area contributed by atoms with Gasteiger partial charge in [-0.05, 0) is 43.0 Å². The molecule has 1 aliphatic rings. The van der Waals surface area contributed by atoms with Crippen LogP contribution in [-0.4, -0.2) is 25.7 Å². The van der Waals surface area contributed by atoms with Crippen LogP contribution < -0.4 is 4.72 Å². The van der Waals surface area contributed by atoms with Gasteiger partial charge in [0, 0.05) is 29.1 Å². The highest BCUT2D eigenvalue weighted by Gasteiger charge is 2.46. The summed E-state index contributed by atoms with van der Waals surface area (Å²) in [7, 11) is -3.21. The van der Waals surface area contributed by atoms with E-state index in [1.807, 2.05) is 13.1 Å². The molecule has 22 heavy (non-hydrogen) atoms. The Kier molecular flexibility index (Phi) is 3.99. The van der Waals surface area contributed by atoms with Crippen molar-refractivity contribution in [1.29, 1.82) is 0 Å². The van der Waals surface area contributed by atoms with Gasteiger partial charge in [-0.3, -0.25) is 0 Å². The fraction of sp³-hybridized carbons (Fsp3) is 0.500. The maximum atomic E-state index is 13.3. The van der Waals surface area contributed by atoms with Crippen molar-refractivity contribution in [2.45, 2.75) is 38.0 Å².